The summed E-state index contributed by atoms with van der Waals surface area (Å²) in [7, 11) is 0. The Balaban J connectivity index is 2.23. The number of anilines is 1. The molecule has 5 heteroatoms. The van der Waals surface area contributed by atoms with E-state index in [0.717, 1.165) is 12.8 Å². The van der Waals surface area contributed by atoms with Crippen molar-refractivity contribution in [1.82, 2.24) is 0 Å². The maximum Gasteiger partial charge on any atom is 0.295 e. The number of hydrogen-bond donors (Lipinski definition) is 1. The van der Waals surface area contributed by atoms with Crippen LogP contribution in [0.25, 0.3) is 0 Å². The molecule has 0 aromatic heterocycles. The summed E-state index contributed by atoms with van der Waals surface area (Å²) in [6.45, 7) is 2.77. The summed E-state index contributed by atoms with van der Waals surface area (Å²) >= 11 is 0. The first-order chi connectivity index (χ1) is 10.2. The molecule has 1 rings (SSSR count). The van der Waals surface area contributed by atoms with Crippen molar-refractivity contribution in [3.8, 4) is 0 Å². The van der Waals surface area contributed by atoms with Crippen molar-refractivity contribution in [2.45, 2.75) is 58.3 Å². The first kappa shape index (κ1) is 17.4. The van der Waals surface area contributed by atoms with Crippen LogP contribution in [0.1, 0.15) is 58.3 Å². The van der Waals surface area contributed by atoms with Crippen molar-refractivity contribution in [3.63, 3.8) is 0 Å². The maximum atomic E-state index is 13.6. The van der Waals surface area contributed by atoms with Crippen LogP contribution in [0.5, 0.6) is 0 Å². The normalized spacial score (nSPS) is 10.6. The predicted molar refractivity (Wildman–Crippen MR) is 84.2 cm³/mol. The highest BCUT2D eigenvalue weighted by molar-refractivity contribution is 5.62. The Labute approximate surface area is 125 Å². The number of benzene rings is 1. The molecule has 0 saturated heterocycles. The molecule has 21 heavy (non-hydrogen) atoms. The Hall–Kier alpha value is -1.65. The summed E-state index contributed by atoms with van der Waals surface area (Å²) in [5.41, 5.74) is -0.194. The fraction of sp³-hybridized carbons (Fsp3) is 0.625. The second kappa shape index (κ2) is 10.1. The Morgan fingerprint density at radius 1 is 1.10 bits per heavy atom. The lowest BCUT2D eigenvalue weighted by molar-refractivity contribution is -0.384. The molecule has 1 aromatic carbocycles. The predicted octanol–water partition coefficient (Wildman–Crippen LogP) is 5.29. The molecule has 1 aromatic rings. The van der Waals surface area contributed by atoms with E-state index in [1.807, 2.05) is 0 Å². The molecular weight excluding hydrogens is 271 g/mol. The van der Waals surface area contributed by atoms with E-state index in [9.17, 15) is 14.5 Å². The van der Waals surface area contributed by atoms with Crippen LogP contribution in [0.3, 0.4) is 0 Å². The minimum Gasteiger partial charge on any atom is -0.377 e. The van der Waals surface area contributed by atoms with Crippen molar-refractivity contribution in [3.05, 3.63) is 34.1 Å². The highest BCUT2D eigenvalue weighted by atomic mass is 19.1. The average Bonchev–Trinajstić information content (AvgIpc) is 2.46. The topological polar surface area (TPSA) is 55.2 Å². The number of nitro benzene ring substituents is 1. The lowest BCUT2D eigenvalue weighted by atomic mass is 10.1. The van der Waals surface area contributed by atoms with Gasteiger partial charge in [-0.2, -0.15) is 0 Å². The smallest absolute Gasteiger partial charge is 0.295 e. The first-order valence-electron chi connectivity index (χ1n) is 7.83. The van der Waals surface area contributed by atoms with Gasteiger partial charge in [0.05, 0.1) is 4.92 Å². The van der Waals surface area contributed by atoms with E-state index in [1.54, 1.807) is 0 Å². The Morgan fingerprint density at radius 3 is 2.33 bits per heavy atom. The zero-order chi connectivity index (χ0) is 15.5. The number of halogens is 1. The molecule has 0 spiro atoms. The molecule has 0 fully saturated rings. The van der Waals surface area contributed by atoms with Crippen molar-refractivity contribution in [2.75, 3.05) is 11.9 Å². The molecule has 1 N–H and O–H groups in total. The van der Waals surface area contributed by atoms with E-state index in [-0.39, 0.29) is 11.4 Å². The number of nitrogens with zero attached hydrogens (tertiary/aromatic N) is 1. The van der Waals surface area contributed by atoms with Crippen molar-refractivity contribution < 1.29 is 9.31 Å². The quantitative estimate of drug-likeness (QED) is 0.343. The second-order valence-corrected chi connectivity index (χ2v) is 5.29. The Morgan fingerprint density at radius 2 is 1.71 bits per heavy atom. The fourth-order valence-electron chi connectivity index (χ4n) is 2.31. The molecule has 0 saturated carbocycles. The molecule has 0 aliphatic rings. The van der Waals surface area contributed by atoms with Gasteiger partial charge in [0.15, 0.2) is 5.82 Å². The van der Waals surface area contributed by atoms with Crippen LogP contribution in [0.4, 0.5) is 15.8 Å². The third-order valence-electron chi connectivity index (χ3n) is 3.52. The second-order valence-electron chi connectivity index (χ2n) is 5.29. The number of para-hydroxylation sites is 1. The number of rotatable bonds is 11. The molecule has 0 atom stereocenters. The van der Waals surface area contributed by atoms with Crippen LogP contribution in [0.2, 0.25) is 0 Å². The Bertz CT molecular complexity index is 438. The van der Waals surface area contributed by atoms with Gasteiger partial charge in [0.25, 0.3) is 5.69 Å². The lowest BCUT2D eigenvalue weighted by Crippen LogP contribution is -2.06. The third-order valence-corrected chi connectivity index (χ3v) is 3.52. The van der Waals surface area contributed by atoms with E-state index in [4.69, 9.17) is 0 Å². The number of unbranched alkanes of at least 4 members (excludes halogenated alkanes) is 7. The third kappa shape index (κ3) is 6.56. The van der Waals surface area contributed by atoms with Gasteiger partial charge in [-0.25, -0.2) is 4.39 Å². The van der Waals surface area contributed by atoms with Crippen LogP contribution < -0.4 is 5.32 Å². The molecule has 4 nitrogen and oxygen atoms in total. The standard InChI is InChI=1S/C16H25FN2O2/c1-2-3-4-5-6-7-8-9-13-18-16-14(17)11-10-12-15(16)19(20)21/h10-12,18H,2-9,13H2,1H3. The van der Waals surface area contributed by atoms with Gasteiger partial charge in [-0.1, -0.05) is 57.9 Å². The SMILES string of the molecule is CCCCCCCCCCNc1c(F)cccc1[N+](=O)[O-]. The molecule has 0 aliphatic heterocycles. The van der Waals surface area contributed by atoms with E-state index < -0.39 is 10.7 Å². The molecule has 0 radical (unpaired) electrons. The van der Waals surface area contributed by atoms with Crippen molar-refractivity contribution in [1.29, 1.82) is 0 Å². The molecule has 0 unspecified atom stereocenters. The molecule has 0 aliphatic carbocycles. The summed E-state index contributed by atoms with van der Waals surface area (Å²) < 4.78 is 13.6. The van der Waals surface area contributed by atoms with Crippen LogP contribution >= 0.6 is 0 Å². The summed E-state index contributed by atoms with van der Waals surface area (Å²) in [5, 5.41) is 13.7. The van der Waals surface area contributed by atoms with Crippen LogP contribution in [0, 0.1) is 15.9 Å². The van der Waals surface area contributed by atoms with Crippen LogP contribution in [0.15, 0.2) is 18.2 Å². The van der Waals surface area contributed by atoms with Crippen LogP contribution in [-0.2, 0) is 0 Å². The van der Waals surface area contributed by atoms with Gasteiger partial charge in [0.2, 0.25) is 0 Å². The highest BCUT2D eigenvalue weighted by Crippen LogP contribution is 2.26. The van der Waals surface area contributed by atoms with E-state index in [1.165, 1.54) is 56.7 Å². The van der Waals surface area contributed by atoms with Gasteiger partial charge in [-0.15, -0.1) is 0 Å². The van der Waals surface area contributed by atoms with Gasteiger partial charge in [-0.05, 0) is 12.5 Å². The molecule has 0 bridgehead atoms. The summed E-state index contributed by atoms with van der Waals surface area (Å²) in [6.07, 6.45) is 9.52. The monoisotopic (exact) mass is 296 g/mol. The van der Waals surface area contributed by atoms with Gasteiger partial charge < -0.3 is 5.32 Å². The van der Waals surface area contributed by atoms with Crippen LogP contribution in [-0.4, -0.2) is 11.5 Å². The zero-order valence-electron chi connectivity index (χ0n) is 12.7. The average molecular weight is 296 g/mol. The Kier molecular flexibility index (Phi) is 8.40. The largest absolute Gasteiger partial charge is 0.377 e. The number of nitrogens with one attached hydrogen (secondary N) is 1. The number of hydrogen-bond acceptors (Lipinski definition) is 3. The van der Waals surface area contributed by atoms with Gasteiger partial charge in [0.1, 0.15) is 5.69 Å². The number of nitro groups is 1. The van der Waals surface area contributed by atoms with E-state index in [2.05, 4.69) is 12.2 Å². The minimum atomic E-state index is -0.566. The molecule has 118 valence electrons. The molecule has 0 amide bonds. The summed E-state index contributed by atoms with van der Waals surface area (Å²) in [4.78, 5) is 10.3. The summed E-state index contributed by atoms with van der Waals surface area (Å²) in [5.74, 6) is -0.566. The fourth-order valence-corrected chi connectivity index (χ4v) is 2.31. The van der Waals surface area contributed by atoms with Gasteiger partial charge in [-0.3, -0.25) is 10.1 Å². The summed E-state index contributed by atoms with van der Waals surface area (Å²) in [6, 6.07) is 3.91. The van der Waals surface area contributed by atoms with Crippen molar-refractivity contribution >= 4 is 11.4 Å². The molecular formula is C16H25FN2O2. The van der Waals surface area contributed by atoms with E-state index in [0.29, 0.717) is 6.54 Å². The minimum absolute atomic E-state index is 0.00504. The maximum absolute atomic E-state index is 13.6. The van der Waals surface area contributed by atoms with Gasteiger partial charge in [0, 0.05) is 12.6 Å². The van der Waals surface area contributed by atoms with Gasteiger partial charge >= 0.3 is 0 Å². The van der Waals surface area contributed by atoms with Crippen molar-refractivity contribution in [2.24, 2.45) is 0 Å². The highest BCUT2D eigenvalue weighted by Gasteiger charge is 2.16. The zero-order valence-corrected chi connectivity index (χ0v) is 12.7. The molecule has 0 heterocycles. The van der Waals surface area contributed by atoms with E-state index >= 15 is 0 Å². The first-order valence-corrected chi connectivity index (χ1v) is 7.83. The lowest BCUT2D eigenvalue weighted by Gasteiger charge is -2.08.